The van der Waals surface area contributed by atoms with E-state index in [0.29, 0.717) is 22.5 Å². The summed E-state index contributed by atoms with van der Waals surface area (Å²) >= 11 is 4.91. The molecule has 0 radical (unpaired) electrons. The van der Waals surface area contributed by atoms with Crippen molar-refractivity contribution in [3.63, 3.8) is 0 Å². The Morgan fingerprint density at radius 2 is 1.89 bits per heavy atom. The van der Waals surface area contributed by atoms with Crippen molar-refractivity contribution in [1.82, 2.24) is 4.90 Å². The van der Waals surface area contributed by atoms with Crippen molar-refractivity contribution in [2.45, 2.75) is 32.7 Å². The first-order valence-electron chi connectivity index (χ1n) is 6.71. The average molecular weight is 276 g/mol. The second-order valence-corrected chi connectivity index (χ2v) is 5.83. The molecule has 1 saturated heterocycles. The van der Waals surface area contributed by atoms with Crippen LogP contribution in [0, 0.1) is 5.92 Å². The van der Waals surface area contributed by atoms with Crippen LogP contribution in [0.5, 0.6) is 0 Å². The van der Waals surface area contributed by atoms with Crippen molar-refractivity contribution in [2.75, 3.05) is 6.54 Å². The van der Waals surface area contributed by atoms with Crippen LogP contribution >= 0.6 is 12.2 Å². The van der Waals surface area contributed by atoms with E-state index in [1.807, 2.05) is 29.2 Å². The van der Waals surface area contributed by atoms with Crippen molar-refractivity contribution in [3.05, 3.63) is 35.4 Å². The molecule has 0 aliphatic carbocycles. The van der Waals surface area contributed by atoms with Gasteiger partial charge in [-0.2, -0.15) is 0 Å². The third-order valence-corrected chi connectivity index (χ3v) is 3.98. The molecular formula is C15H20N2OS. The van der Waals surface area contributed by atoms with E-state index >= 15 is 0 Å². The fraction of sp³-hybridized carbons (Fsp3) is 0.467. The molecule has 1 atom stereocenters. The number of hydrogen-bond acceptors (Lipinski definition) is 2. The van der Waals surface area contributed by atoms with Crippen LogP contribution in [0.1, 0.15) is 42.6 Å². The molecule has 102 valence electrons. The molecular weight excluding hydrogens is 256 g/mol. The molecule has 1 aromatic rings. The van der Waals surface area contributed by atoms with Crippen molar-refractivity contribution in [3.8, 4) is 0 Å². The van der Waals surface area contributed by atoms with E-state index in [-0.39, 0.29) is 5.91 Å². The topological polar surface area (TPSA) is 46.3 Å². The van der Waals surface area contributed by atoms with Crippen LogP contribution in [0.2, 0.25) is 0 Å². The number of nitrogens with two attached hydrogens (primary N) is 1. The maximum atomic E-state index is 12.5. The molecule has 1 heterocycles. The highest BCUT2D eigenvalue weighted by Gasteiger charge is 2.31. The Morgan fingerprint density at radius 3 is 2.42 bits per heavy atom. The summed E-state index contributed by atoms with van der Waals surface area (Å²) in [4.78, 5) is 14.9. The first-order valence-corrected chi connectivity index (χ1v) is 7.12. The van der Waals surface area contributed by atoms with Gasteiger partial charge in [0.25, 0.3) is 5.91 Å². The van der Waals surface area contributed by atoms with Gasteiger partial charge in [-0.25, -0.2) is 0 Å². The Labute approximate surface area is 119 Å². The van der Waals surface area contributed by atoms with Gasteiger partial charge in [0.15, 0.2) is 0 Å². The number of amides is 1. The number of nitrogens with zero attached hydrogens (tertiary/aromatic N) is 1. The summed E-state index contributed by atoms with van der Waals surface area (Å²) in [5.41, 5.74) is 7.07. The lowest BCUT2D eigenvalue weighted by atomic mass is 10.0. The van der Waals surface area contributed by atoms with E-state index in [4.69, 9.17) is 18.0 Å². The number of carbonyl (C=O) groups excluding carboxylic acids is 1. The lowest BCUT2D eigenvalue weighted by molar-refractivity contribution is 0.0701. The summed E-state index contributed by atoms with van der Waals surface area (Å²) in [5, 5.41) is 0. The molecule has 0 spiro atoms. The molecule has 4 heteroatoms. The molecule has 1 aliphatic rings. The molecule has 19 heavy (non-hydrogen) atoms. The molecule has 0 aromatic heterocycles. The minimum absolute atomic E-state index is 0.116. The highest BCUT2D eigenvalue weighted by atomic mass is 32.1. The van der Waals surface area contributed by atoms with Crippen LogP contribution in [0.15, 0.2) is 24.3 Å². The molecule has 1 fully saturated rings. The Kier molecular flexibility index (Phi) is 4.20. The maximum absolute atomic E-state index is 12.5. The average Bonchev–Trinajstić information content (AvgIpc) is 2.87. The van der Waals surface area contributed by atoms with Crippen molar-refractivity contribution < 1.29 is 4.79 Å². The number of likely N-dealkylation sites (tertiary alicyclic amines) is 1. The summed E-state index contributed by atoms with van der Waals surface area (Å²) in [5.74, 6) is 0.619. The van der Waals surface area contributed by atoms with Gasteiger partial charge in [-0.3, -0.25) is 4.79 Å². The van der Waals surface area contributed by atoms with E-state index in [2.05, 4.69) is 13.8 Å². The van der Waals surface area contributed by atoms with Gasteiger partial charge in [0.05, 0.1) is 0 Å². The van der Waals surface area contributed by atoms with Crippen LogP contribution in [-0.2, 0) is 0 Å². The van der Waals surface area contributed by atoms with Gasteiger partial charge in [-0.1, -0.05) is 38.2 Å². The van der Waals surface area contributed by atoms with Crippen LogP contribution in [0.3, 0.4) is 0 Å². The second-order valence-electron chi connectivity index (χ2n) is 5.39. The first kappa shape index (κ1) is 14.0. The van der Waals surface area contributed by atoms with Gasteiger partial charge in [0.1, 0.15) is 4.99 Å². The second kappa shape index (κ2) is 5.70. The van der Waals surface area contributed by atoms with E-state index in [1.54, 1.807) is 0 Å². The first-order chi connectivity index (χ1) is 9.00. The van der Waals surface area contributed by atoms with E-state index in [0.717, 1.165) is 24.9 Å². The summed E-state index contributed by atoms with van der Waals surface area (Å²) in [6, 6.07) is 7.62. The number of benzene rings is 1. The Hall–Kier alpha value is -1.42. The maximum Gasteiger partial charge on any atom is 0.254 e. The molecule has 0 saturated carbocycles. The number of hydrogen-bond donors (Lipinski definition) is 1. The van der Waals surface area contributed by atoms with Gasteiger partial charge in [0, 0.05) is 23.7 Å². The number of thiocarbonyl (C=S) groups is 1. The SMILES string of the molecule is CC(C)C1CCCN1C(=O)c1ccc(C(N)=S)cc1. The standard InChI is InChI=1S/C15H20N2OS/c1-10(2)13-4-3-9-17(13)15(18)12-7-5-11(6-8-12)14(16)19/h5-8,10,13H,3-4,9H2,1-2H3,(H2,16,19). The zero-order chi connectivity index (χ0) is 14.0. The molecule has 2 N–H and O–H groups in total. The Bertz CT molecular complexity index is 481. The van der Waals surface area contributed by atoms with Crippen molar-refractivity contribution >= 4 is 23.1 Å². The quantitative estimate of drug-likeness (QED) is 0.863. The van der Waals surface area contributed by atoms with E-state index in [1.165, 1.54) is 0 Å². The Balaban J connectivity index is 2.17. The predicted molar refractivity (Wildman–Crippen MR) is 81.2 cm³/mol. The summed E-state index contributed by atoms with van der Waals surface area (Å²) in [6.45, 7) is 5.21. The summed E-state index contributed by atoms with van der Waals surface area (Å²) in [7, 11) is 0. The van der Waals surface area contributed by atoms with Gasteiger partial charge in [0.2, 0.25) is 0 Å². The largest absolute Gasteiger partial charge is 0.389 e. The number of rotatable bonds is 3. The van der Waals surface area contributed by atoms with E-state index in [9.17, 15) is 4.79 Å². The lowest BCUT2D eigenvalue weighted by Gasteiger charge is -2.27. The van der Waals surface area contributed by atoms with Crippen LogP contribution in [0.25, 0.3) is 0 Å². The lowest BCUT2D eigenvalue weighted by Crippen LogP contribution is -2.38. The highest BCUT2D eigenvalue weighted by Crippen LogP contribution is 2.25. The fourth-order valence-corrected chi connectivity index (χ4v) is 2.82. The van der Waals surface area contributed by atoms with E-state index < -0.39 is 0 Å². The van der Waals surface area contributed by atoms with Crippen molar-refractivity contribution in [1.29, 1.82) is 0 Å². The minimum atomic E-state index is 0.116. The monoisotopic (exact) mass is 276 g/mol. The predicted octanol–water partition coefficient (Wildman–Crippen LogP) is 2.58. The molecule has 0 bridgehead atoms. The smallest absolute Gasteiger partial charge is 0.254 e. The molecule has 3 nitrogen and oxygen atoms in total. The Morgan fingerprint density at radius 1 is 1.32 bits per heavy atom. The minimum Gasteiger partial charge on any atom is -0.389 e. The molecule has 1 unspecified atom stereocenters. The molecule has 2 rings (SSSR count). The normalized spacial score (nSPS) is 18.9. The van der Waals surface area contributed by atoms with Gasteiger partial charge in [-0.15, -0.1) is 0 Å². The van der Waals surface area contributed by atoms with Crippen LogP contribution < -0.4 is 5.73 Å². The molecule has 1 aromatic carbocycles. The van der Waals surface area contributed by atoms with Gasteiger partial charge >= 0.3 is 0 Å². The highest BCUT2D eigenvalue weighted by molar-refractivity contribution is 7.80. The van der Waals surface area contributed by atoms with Crippen LogP contribution in [0.4, 0.5) is 0 Å². The fourth-order valence-electron chi connectivity index (χ4n) is 2.68. The van der Waals surface area contributed by atoms with Gasteiger partial charge < -0.3 is 10.6 Å². The molecule has 1 amide bonds. The summed E-state index contributed by atoms with van der Waals surface area (Å²) < 4.78 is 0. The van der Waals surface area contributed by atoms with Gasteiger partial charge in [-0.05, 0) is 30.9 Å². The van der Waals surface area contributed by atoms with Crippen molar-refractivity contribution in [2.24, 2.45) is 11.7 Å². The summed E-state index contributed by atoms with van der Waals surface area (Å²) in [6.07, 6.45) is 2.20. The zero-order valence-electron chi connectivity index (χ0n) is 11.4. The zero-order valence-corrected chi connectivity index (χ0v) is 12.2. The number of carbonyl (C=O) groups is 1. The van der Waals surface area contributed by atoms with Crippen LogP contribution in [-0.4, -0.2) is 28.4 Å². The third kappa shape index (κ3) is 2.95. The molecule has 1 aliphatic heterocycles. The third-order valence-electron chi connectivity index (χ3n) is 3.75.